The van der Waals surface area contributed by atoms with E-state index in [9.17, 15) is 5.11 Å². The van der Waals surface area contributed by atoms with Crippen molar-refractivity contribution in [1.82, 2.24) is 10.2 Å². The Morgan fingerprint density at radius 1 is 1.43 bits per heavy atom. The standard InChI is InChI=1S/C17H25BrN2O2S/c1-13(15-10-14(18)2-3-16(15)21)19-11-17(4-9-23-12-17)20-5-7-22-8-6-20/h2-3,10,13,19,21H,4-9,11-12H2,1H3/t13-,17-/m0/s1. The molecule has 0 aliphatic carbocycles. The minimum atomic E-state index is 0.121. The third kappa shape index (κ3) is 4.04. The molecule has 2 heterocycles. The highest BCUT2D eigenvalue weighted by molar-refractivity contribution is 9.10. The van der Waals surface area contributed by atoms with E-state index in [0.29, 0.717) is 5.75 Å². The first-order valence-corrected chi connectivity index (χ1v) is 10.2. The zero-order chi connectivity index (χ0) is 16.3. The highest BCUT2D eigenvalue weighted by Crippen LogP contribution is 2.35. The number of aromatic hydroxyl groups is 1. The number of hydrogen-bond donors (Lipinski definition) is 2. The largest absolute Gasteiger partial charge is 0.508 e. The van der Waals surface area contributed by atoms with Crippen LogP contribution in [-0.2, 0) is 4.74 Å². The van der Waals surface area contributed by atoms with Gasteiger partial charge in [0.25, 0.3) is 0 Å². The number of benzene rings is 1. The molecule has 0 saturated carbocycles. The summed E-state index contributed by atoms with van der Waals surface area (Å²) in [5.41, 5.74) is 1.17. The molecule has 2 aliphatic rings. The van der Waals surface area contributed by atoms with Gasteiger partial charge in [0.15, 0.2) is 0 Å². The van der Waals surface area contributed by atoms with Crippen LogP contribution < -0.4 is 5.32 Å². The first-order chi connectivity index (χ1) is 11.1. The molecule has 4 nitrogen and oxygen atoms in total. The summed E-state index contributed by atoms with van der Waals surface area (Å²) in [7, 11) is 0. The molecule has 0 amide bonds. The van der Waals surface area contributed by atoms with Gasteiger partial charge in [-0.25, -0.2) is 0 Å². The van der Waals surface area contributed by atoms with Gasteiger partial charge < -0.3 is 15.2 Å². The van der Waals surface area contributed by atoms with Crippen molar-refractivity contribution >= 4 is 27.7 Å². The van der Waals surface area contributed by atoms with Crippen molar-refractivity contribution in [2.45, 2.75) is 24.9 Å². The lowest BCUT2D eigenvalue weighted by Crippen LogP contribution is -2.58. The third-order valence-electron chi connectivity index (χ3n) is 4.96. The van der Waals surface area contributed by atoms with Crippen LogP contribution in [0.2, 0.25) is 0 Å². The summed E-state index contributed by atoms with van der Waals surface area (Å²) in [5.74, 6) is 2.77. The first-order valence-electron chi connectivity index (χ1n) is 8.23. The van der Waals surface area contributed by atoms with Gasteiger partial charge >= 0.3 is 0 Å². The Kier molecular flexibility index (Phi) is 5.91. The van der Waals surface area contributed by atoms with E-state index in [1.54, 1.807) is 6.07 Å². The van der Waals surface area contributed by atoms with Gasteiger partial charge in [0.2, 0.25) is 0 Å². The average Bonchev–Trinajstić information content (AvgIpc) is 3.06. The maximum atomic E-state index is 10.1. The van der Waals surface area contributed by atoms with E-state index in [1.807, 2.05) is 23.9 Å². The summed E-state index contributed by atoms with van der Waals surface area (Å²) in [6.45, 7) is 6.81. The van der Waals surface area contributed by atoms with E-state index in [0.717, 1.165) is 42.9 Å². The highest BCUT2D eigenvalue weighted by Gasteiger charge is 2.40. The molecule has 2 atom stereocenters. The van der Waals surface area contributed by atoms with Crippen molar-refractivity contribution in [3.8, 4) is 5.75 Å². The van der Waals surface area contributed by atoms with Crippen molar-refractivity contribution < 1.29 is 9.84 Å². The Bertz CT molecular complexity index is 531. The maximum Gasteiger partial charge on any atom is 0.120 e. The minimum absolute atomic E-state index is 0.121. The fourth-order valence-electron chi connectivity index (χ4n) is 3.46. The number of phenolic OH excluding ortho intramolecular Hbond substituents is 1. The second-order valence-electron chi connectivity index (χ2n) is 6.43. The Labute approximate surface area is 151 Å². The van der Waals surface area contributed by atoms with E-state index in [2.05, 4.69) is 33.1 Å². The van der Waals surface area contributed by atoms with Crippen LogP contribution in [0.1, 0.15) is 24.9 Å². The Hall–Kier alpha value is -0.270. The Balaban J connectivity index is 1.67. The van der Waals surface area contributed by atoms with Gasteiger partial charge in [0.05, 0.1) is 13.2 Å². The predicted molar refractivity (Wildman–Crippen MR) is 99.3 cm³/mol. The molecular weight excluding hydrogens is 376 g/mol. The van der Waals surface area contributed by atoms with Gasteiger partial charge in [-0.2, -0.15) is 11.8 Å². The van der Waals surface area contributed by atoms with Gasteiger partial charge in [0, 0.05) is 47.0 Å². The van der Waals surface area contributed by atoms with Crippen LogP contribution in [0.5, 0.6) is 5.75 Å². The van der Waals surface area contributed by atoms with Crippen LogP contribution in [-0.4, -0.2) is 59.9 Å². The summed E-state index contributed by atoms with van der Waals surface area (Å²) in [5, 5.41) is 13.8. The third-order valence-corrected chi connectivity index (χ3v) is 6.69. The molecule has 2 N–H and O–H groups in total. The molecule has 2 aliphatic heterocycles. The zero-order valence-corrected chi connectivity index (χ0v) is 16.0. The normalized spacial score (nSPS) is 27.2. The van der Waals surface area contributed by atoms with E-state index < -0.39 is 0 Å². The number of nitrogens with zero attached hydrogens (tertiary/aromatic N) is 1. The lowest BCUT2D eigenvalue weighted by Gasteiger charge is -2.43. The van der Waals surface area contributed by atoms with Gasteiger partial charge in [-0.15, -0.1) is 0 Å². The van der Waals surface area contributed by atoms with Crippen LogP contribution in [0.3, 0.4) is 0 Å². The molecular formula is C17H25BrN2O2S. The number of ether oxygens (including phenoxy) is 1. The fraction of sp³-hybridized carbons (Fsp3) is 0.647. The van der Waals surface area contributed by atoms with Crippen molar-refractivity contribution in [3.05, 3.63) is 28.2 Å². The molecule has 23 heavy (non-hydrogen) atoms. The van der Waals surface area contributed by atoms with Gasteiger partial charge in [-0.05, 0) is 37.3 Å². The maximum absolute atomic E-state index is 10.1. The molecule has 0 bridgehead atoms. The van der Waals surface area contributed by atoms with Crippen LogP contribution in [0.4, 0.5) is 0 Å². The SMILES string of the molecule is C[C@H](NC[C@@]1(N2CCOCC2)CCSC1)c1cc(Br)ccc1O. The molecule has 0 radical (unpaired) electrons. The van der Waals surface area contributed by atoms with Crippen molar-refractivity contribution in [2.24, 2.45) is 0 Å². The molecule has 1 aromatic rings. The molecule has 1 aromatic carbocycles. The summed E-state index contributed by atoms with van der Waals surface area (Å²) >= 11 is 5.54. The molecule has 128 valence electrons. The first kappa shape index (κ1) is 17.5. The lowest BCUT2D eigenvalue weighted by molar-refractivity contribution is -0.0139. The number of halogens is 1. The Morgan fingerprint density at radius 2 is 2.22 bits per heavy atom. The second-order valence-corrected chi connectivity index (χ2v) is 8.45. The summed E-state index contributed by atoms with van der Waals surface area (Å²) in [6.07, 6.45) is 1.22. The summed E-state index contributed by atoms with van der Waals surface area (Å²) in [6, 6.07) is 5.74. The van der Waals surface area contributed by atoms with Crippen LogP contribution in [0.15, 0.2) is 22.7 Å². The molecule has 0 unspecified atom stereocenters. The molecule has 2 saturated heterocycles. The quantitative estimate of drug-likeness (QED) is 0.794. The van der Waals surface area contributed by atoms with Crippen molar-refractivity contribution in [2.75, 3.05) is 44.4 Å². The number of rotatable bonds is 5. The molecule has 6 heteroatoms. The predicted octanol–water partition coefficient (Wildman–Crippen LogP) is 3.01. The minimum Gasteiger partial charge on any atom is -0.508 e. The zero-order valence-electron chi connectivity index (χ0n) is 13.6. The van der Waals surface area contributed by atoms with Crippen molar-refractivity contribution in [3.63, 3.8) is 0 Å². The van der Waals surface area contributed by atoms with Crippen LogP contribution >= 0.6 is 27.7 Å². The second kappa shape index (κ2) is 7.74. The van der Waals surface area contributed by atoms with Crippen LogP contribution in [0, 0.1) is 0 Å². The number of nitrogens with one attached hydrogen (secondary N) is 1. The molecule has 0 aromatic heterocycles. The van der Waals surface area contributed by atoms with E-state index in [-0.39, 0.29) is 11.6 Å². The van der Waals surface area contributed by atoms with E-state index in [1.165, 1.54) is 17.9 Å². The number of morpholine rings is 1. The van der Waals surface area contributed by atoms with E-state index in [4.69, 9.17) is 4.74 Å². The summed E-state index contributed by atoms with van der Waals surface area (Å²) in [4.78, 5) is 2.61. The molecule has 0 spiro atoms. The van der Waals surface area contributed by atoms with E-state index >= 15 is 0 Å². The monoisotopic (exact) mass is 400 g/mol. The fourth-order valence-corrected chi connectivity index (χ4v) is 5.32. The molecule has 3 rings (SSSR count). The molecule has 2 fully saturated rings. The summed E-state index contributed by atoms with van der Waals surface area (Å²) < 4.78 is 6.52. The lowest BCUT2D eigenvalue weighted by atomic mass is 9.94. The average molecular weight is 401 g/mol. The number of thioether (sulfide) groups is 1. The Morgan fingerprint density at radius 3 is 2.91 bits per heavy atom. The topological polar surface area (TPSA) is 44.7 Å². The number of hydrogen-bond acceptors (Lipinski definition) is 5. The van der Waals surface area contributed by atoms with Gasteiger partial charge in [-0.3, -0.25) is 4.90 Å². The van der Waals surface area contributed by atoms with Gasteiger partial charge in [0.1, 0.15) is 5.75 Å². The van der Waals surface area contributed by atoms with Crippen molar-refractivity contribution in [1.29, 1.82) is 0 Å². The smallest absolute Gasteiger partial charge is 0.120 e. The van der Waals surface area contributed by atoms with Gasteiger partial charge in [-0.1, -0.05) is 15.9 Å². The number of phenols is 1. The highest BCUT2D eigenvalue weighted by atomic mass is 79.9. The van der Waals surface area contributed by atoms with Crippen LogP contribution in [0.25, 0.3) is 0 Å².